The maximum Gasteiger partial charge on any atom is 0.275 e. The molecule has 0 atom stereocenters. The Labute approximate surface area is 173 Å². The average Bonchev–Trinajstić information content (AvgIpc) is 2.71. The molecule has 148 valence electrons. The Morgan fingerprint density at radius 1 is 1.03 bits per heavy atom. The minimum absolute atomic E-state index is 0.0393. The summed E-state index contributed by atoms with van der Waals surface area (Å²) in [6.07, 6.45) is 0.0393. The largest absolute Gasteiger partial charge is 0.507 e. The first kappa shape index (κ1) is 20.4. The summed E-state index contributed by atoms with van der Waals surface area (Å²) in [6, 6.07) is 17.7. The Bertz CT molecular complexity index is 1080. The first-order chi connectivity index (χ1) is 13.9. The van der Waals surface area contributed by atoms with Crippen LogP contribution in [0.15, 0.2) is 65.8 Å². The standard InChI is InChI=1S/C22H20ClN3O3/c1-14(10-21(28)24-13-15-6-8-18(23)9-7-15)25-26-22(29)19-11-16-4-2-3-5-17(16)12-20(19)27/h2-9,11-12,27H,10,13H2,1H3,(H,24,28)(H,26,29). The molecule has 2 amide bonds. The molecule has 0 aromatic heterocycles. The molecule has 0 heterocycles. The number of nitrogens with zero attached hydrogens (tertiary/aromatic N) is 1. The molecule has 0 saturated carbocycles. The summed E-state index contributed by atoms with van der Waals surface area (Å²) in [5.74, 6) is -0.895. The molecule has 0 fully saturated rings. The zero-order valence-electron chi connectivity index (χ0n) is 15.8. The summed E-state index contributed by atoms with van der Waals surface area (Å²) in [4.78, 5) is 24.4. The van der Waals surface area contributed by atoms with Gasteiger partial charge in [-0.25, -0.2) is 5.43 Å². The lowest BCUT2D eigenvalue weighted by Gasteiger charge is -2.07. The summed E-state index contributed by atoms with van der Waals surface area (Å²) in [5, 5.41) is 19.1. The zero-order valence-corrected chi connectivity index (χ0v) is 16.5. The van der Waals surface area contributed by atoms with E-state index in [1.165, 1.54) is 6.07 Å². The minimum atomic E-state index is -0.547. The van der Waals surface area contributed by atoms with Crippen molar-refractivity contribution < 1.29 is 14.7 Å². The van der Waals surface area contributed by atoms with Crippen LogP contribution in [0.3, 0.4) is 0 Å². The molecule has 0 bridgehead atoms. The van der Waals surface area contributed by atoms with Crippen molar-refractivity contribution in [2.45, 2.75) is 19.9 Å². The second kappa shape index (κ2) is 9.21. The normalized spacial score (nSPS) is 11.3. The predicted molar refractivity (Wildman–Crippen MR) is 114 cm³/mol. The number of hydrazone groups is 1. The van der Waals surface area contributed by atoms with E-state index < -0.39 is 5.91 Å². The van der Waals surface area contributed by atoms with Gasteiger partial charge >= 0.3 is 0 Å². The zero-order chi connectivity index (χ0) is 20.8. The lowest BCUT2D eigenvalue weighted by Crippen LogP contribution is -2.26. The lowest BCUT2D eigenvalue weighted by molar-refractivity contribution is -0.120. The van der Waals surface area contributed by atoms with Gasteiger partial charge in [-0.05, 0) is 47.5 Å². The molecule has 0 aliphatic carbocycles. The minimum Gasteiger partial charge on any atom is -0.507 e. The Morgan fingerprint density at radius 3 is 2.38 bits per heavy atom. The number of phenols is 1. The molecule has 0 radical (unpaired) electrons. The third-order valence-corrected chi connectivity index (χ3v) is 4.53. The van der Waals surface area contributed by atoms with Crippen molar-refractivity contribution in [3.05, 3.63) is 76.8 Å². The average molecular weight is 410 g/mol. The second-order valence-electron chi connectivity index (χ2n) is 6.58. The Kier molecular flexibility index (Phi) is 6.46. The van der Waals surface area contributed by atoms with Crippen molar-refractivity contribution in [1.29, 1.82) is 0 Å². The molecule has 7 heteroatoms. The van der Waals surface area contributed by atoms with Crippen molar-refractivity contribution in [1.82, 2.24) is 10.7 Å². The third-order valence-electron chi connectivity index (χ3n) is 4.28. The van der Waals surface area contributed by atoms with E-state index in [-0.39, 0.29) is 23.6 Å². The molecule has 0 spiro atoms. The number of rotatable bonds is 6. The first-order valence-corrected chi connectivity index (χ1v) is 9.36. The molecule has 3 aromatic carbocycles. The molecule has 3 aromatic rings. The van der Waals surface area contributed by atoms with Crippen LogP contribution >= 0.6 is 11.6 Å². The van der Waals surface area contributed by atoms with Gasteiger partial charge in [0.2, 0.25) is 5.91 Å². The summed E-state index contributed by atoms with van der Waals surface area (Å²) in [7, 11) is 0. The number of carbonyl (C=O) groups excluding carboxylic acids is 2. The molecule has 0 saturated heterocycles. The number of hydrogen-bond acceptors (Lipinski definition) is 4. The fraction of sp³-hybridized carbons (Fsp3) is 0.136. The van der Waals surface area contributed by atoms with Gasteiger partial charge in [-0.3, -0.25) is 9.59 Å². The highest BCUT2D eigenvalue weighted by Crippen LogP contribution is 2.24. The lowest BCUT2D eigenvalue weighted by atomic mass is 10.1. The van der Waals surface area contributed by atoms with Crippen LogP contribution < -0.4 is 10.7 Å². The number of hydrogen-bond donors (Lipinski definition) is 3. The third kappa shape index (κ3) is 5.56. The van der Waals surface area contributed by atoms with Gasteiger partial charge in [0.05, 0.1) is 12.0 Å². The fourth-order valence-electron chi connectivity index (χ4n) is 2.75. The van der Waals surface area contributed by atoms with Crippen LogP contribution in [0, 0.1) is 0 Å². The van der Waals surface area contributed by atoms with Gasteiger partial charge in [0.15, 0.2) is 0 Å². The van der Waals surface area contributed by atoms with Gasteiger partial charge in [-0.2, -0.15) is 5.10 Å². The van der Waals surface area contributed by atoms with Crippen LogP contribution in [-0.2, 0) is 11.3 Å². The monoisotopic (exact) mass is 409 g/mol. The summed E-state index contributed by atoms with van der Waals surface area (Å²) in [5.41, 5.74) is 3.87. The number of fused-ring (bicyclic) bond motifs is 1. The molecule has 3 N–H and O–H groups in total. The molecule has 29 heavy (non-hydrogen) atoms. The Balaban J connectivity index is 1.56. The van der Waals surface area contributed by atoms with Gasteiger partial charge in [-0.15, -0.1) is 0 Å². The van der Waals surface area contributed by atoms with Gasteiger partial charge < -0.3 is 10.4 Å². The van der Waals surface area contributed by atoms with E-state index >= 15 is 0 Å². The molecule has 0 unspecified atom stereocenters. The fourth-order valence-corrected chi connectivity index (χ4v) is 2.88. The number of aromatic hydroxyl groups is 1. The van der Waals surface area contributed by atoms with Crippen molar-refractivity contribution in [3.8, 4) is 5.75 Å². The quantitative estimate of drug-likeness (QED) is 0.424. The summed E-state index contributed by atoms with van der Waals surface area (Å²) < 4.78 is 0. The van der Waals surface area contributed by atoms with E-state index in [9.17, 15) is 14.7 Å². The van der Waals surface area contributed by atoms with E-state index in [0.717, 1.165) is 16.3 Å². The first-order valence-electron chi connectivity index (χ1n) is 8.99. The topological polar surface area (TPSA) is 90.8 Å². The summed E-state index contributed by atoms with van der Waals surface area (Å²) in [6.45, 7) is 2.02. The van der Waals surface area contributed by atoms with Gasteiger partial charge in [-0.1, -0.05) is 48.0 Å². The Hall–Kier alpha value is -3.38. The van der Waals surface area contributed by atoms with Crippen LogP contribution in [0.25, 0.3) is 10.8 Å². The maximum absolute atomic E-state index is 12.3. The van der Waals surface area contributed by atoms with Gasteiger partial charge in [0, 0.05) is 17.3 Å². The van der Waals surface area contributed by atoms with Crippen LogP contribution in [-0.4, -0.2) is 22.6 Å². The second-order valence-corrected chi connectivity index (χ2v) is 7.02. The number of nitrogens with one attached hydrogen (secondary N) is 2. The van der Waals surface area contributed by atoms with E-state index in [2.05, 4.69) is 15.8 Å². The van der Waals surface area contributed by atoms with E-state index in [0.29, 0.717) is 17.3 Å². The van der Waals surface area contributed by atoms with Crippen molar-refractivity contribution in [3.63, 3.8) is 0 Å². The van der Waals surface area contributed by atoms with Crippen LogP contribution in [0.2, 0.25) is 5.02 Å². The molecule has 3 rings (SSSR count). The molecule has 0 aliphatic rings. The molecular weight excluding hydrogens is 390 g/mol. The van der Waals surface area contributed by atoms with Crippen molar-refractivity contribution >= 4 is 39.9 Å². The highest BCUT2D eigenvalue weighted by molar-refractivity contribution is 6.30. The van der Waals surface area contributed by atoms with E-state index in [1.54, 1.807) is 25.1 Å². The Morgan fingerprint density at radius 2 is 1.69 bits per heavy atom. The van der Waals surface area contributed by atoms with Crippen LogP contribution in [0.5, 0.6) is 5.75 Å². The SMILES string of the molecule is CC(CC(=O)NCc1ccc(Cl)cc1)=NNC(=O)c1cc2ccccc2cc1O. The maximum atomic E-state index is 12.3. The van der Waals surface area contributed by atoms with Crippen LogP contribution in [0.1, 0.15) is 29.3 Å². The highest BCUT2D eigenvalue weighted by atomic mass is 35.5. The highest BCUT2D eigenvalue weighted by Gasteiger charge is 2.12. The number of benzene rings is 3. The van der Waals surface area contributed by atoms with E-state index in [1.807, 2.05) is 36.4 Å². The van der Waals surface area contributed by atoms with Gasteiger partial charge in [0.1, 0.15) is 5.75 Å². The predicted octanol–water partition coefficient (Wildman–Crippen LogP) is 4.01. The number of amides is 2. The van der Waals surface area contributed by atoms with Crippen molar-refractivity contribution in [2.75, 3.05) is 0 Å². The van der Waals surface area contributed by atoms with E-state index in [4.69, 9.17) is 11.6 Å². The van der Waals surface area contributed by atoms with Crippen LogP contribution in [0.4, 0.5) is 0 Å². The number of halogens is 1. The van der Waals surface area contributed by atoms with Gasteiger partial charge in [0.25, 0.3) is 5.91 Å². The summed E-state index contributed by atoms with van der Waals surface area (Å²) >= 11 is 5.83. The molecule has 0 aliphatic heterocycles. The number of carbonyl (C=O) groups is 2. The molecule has 6 nitrogen and oxygen atoms in total. The number of phenolic OH excluding ortho intramolecular Hbond substituents is 1. The smallest absolute Gasteiger partial charge is 0.275 e. The molecular formula is C22H20ClN3O3. The van der Waals surface area contributed by atoms with Crippen molar-refractivity contribution in [2.24, 2.45) is 5.10 Å².